The fourth-order valence-corrected chi connectivity index (χ4v) is 4.45. The maximum atomic E-state index is 13.7. The number of esters is 1. The minimum absolute atomic E-state index is 0.0660. The monoisotopic (exact) mass is 545 g/mol. The van der Waals surface area contributed by atoms with Crippen molar-refractivity contribution in [3.05, 3.63) is 101 Å². The molecule has 0 aliphatic rings. The van der Waals surface area contributed by atoms with Gasteiger partial charge in [-0.15, -0.1) is 0 Å². The average Bonchev–Trinajstić information content (AvgIpc) is 2.86. The Morgan fingerprint density at radius 2 is 1.66 bits per heavy atom. The van der Waals surface area contributed by atoms with Gasteiger partial charge in [-0.1, -0.05) is 37.3 Å². The quantitative estimate of drug-likeness (QED) is 0.336. The molecule has 3 aromatic rings. The molecule has 10 heteroatoms. The largest absolute Gasteiger partial charge is 0.456 e. The second-order valence-electron chi connectivity index (χ2n) is 9.17. The van der Waals surface area contributed by atoms with Crippen molar-refractivity contribution in [3.8, 4) is 0 Å². The van der Waals surface area contributed by atoms with Crippen LogP contribution in [0.3, 0.4) is 0 Å². The summed E-state index contributed by atoms with van der Waals surface area (Å²) < 4.78 is 58.1. The Kier molecular flexibility index (Phi) is 9.96. The van der Waals surface area contributed by atoms with Gasteiger partial charge in [-0.3, -0.25) is 4.31 Å². The molecular weight excluding hydrogens is 512 g/mol. The van der Waals surface area contributed by atoms with E-state index >= 15 is 0 Å². The minimum Gasteiger partial charge on any atom is -0.456 e. The van der Waals surface area contributed by atoms with Gasteiger partial charge >= 0.3 is 5.97 Å². The van der Waals surface area contributed by atoms with Crippen LogP contribution in [0.25, 0.3) is 0 Å². The van der Waals surface area contributed by atoms with E-state index in [2.05, 4.69) is 18.3 Å². The number of halogens is 2. The number of anilines is 1. The Morgan fingerprint density at radius 1 is 1.00 bits per heavy atom. The van der Waals surface area contributed by atoms with E-state index in [1.807, 2.05) is 18.2 Å². The molecule has 7 nitrogen and oxygen atoms in total. The zero-order valence-electron chi connectivity index (χ0n) is 21.7. The Hall–Kier alpha value is -3.34. The summed E-state index contributed by atoms with van der Waals surface area (Å²) in [5.41, 5.74) is 9.40. The number of sulfonamides is 1. The minimum atomic E-state index is -3.53. The SMILES string of the molecule is CCc1cccc(CNC[C@@H](OC(=O)c2cccc(N(C)S(C)(=O)=O)c2)[C@@H](N)Cc2cc(F)cc(F)c2)c1. The smallest absolute Gasteiger partial charge is 0.338 e. The number of nitrogens with one attached hydrogen (secondary N) is 1. The van der Waals surface area contributed by atoms with Gasteiger partial charge < -0.3 is 15.8 Å². The Bertz CT molecular complexity index is 1350. The third-order valence-corrected chi connectivity index (χ3v) is 7.35. The van der Waals surface area contributed by atoms with E-state index in [1.54, 1.807) is 12.1 Å². The van der Waals surface area contributed by atoms with Crippen LogP contribution in [0.15, 0.2) is 66.7 Å². The van der Waals surface area contributed by atoms with E-state index in [-0.39, 0.29) is 18.5 Å². The normalized spacial score (nSPS) is 13.1. The van der Waals surface area contributed by atoms with E-state index in [0.29, 0.717) is 17.8 Å². The van der Waals surface area contributed by atoms with E-state index < -0.39 is 39.8 Å². The van der Waals surface area contributed by atoms with Crippen molar-refractivity contribution in [2.24, 2.45) is 5.73 Å². The van der Waals surface area contributed by atoms with Gasteiger partial charge in [0.2, 0.25) is 10.0 Å². The second kappa shape index (κ2) is 12.9. The number of hydrogen-bond donors (Lipinski definition) is 2. The summed E-state index contributed by atoms with van der Waals surface area (Å²) in [5, 5.41) is 3.26. The first-order valence-electron chi connectivity index (χ1n) is 12.2. The summed E-state index contributed by atoms with van der Waals surface area (Å²) in [6.07, 6.45) is 1.18. The molecule has 204 valence electrons. The van der Waals surface area contributed by atoms with E-state index in [9.17, 15) is 22.0 Å². The number of carbonyl (C=O) groups excluding carboxylic acids is 1. The molecule has 3 N–H and O–H groups in total. The zero-order valence-corrected chi connectivity index (χ0v) is 22.5. The van der Waals surface area contributed by atoms with Gasteiger partial charge in [0.15, 0.2) is 0 Å². The number of rotatable bonds is 12. The lowest BCUT2D eigenvalue weighted by molar-refractivity contribution is 0.0238. The molecule has 2 atom stereocenters. The van der Waals surface area contributed by atoms with Crippen molar-refractivity contribution < 1.29 is 26.7 Å². The third-order valence-electron chi connectivity index (χ3n) is 6.15. The van der Waals surface area contributed by atoms with Crippen LogP contribution >= 0.6 is 0 Å². The standard InChI is InChI=1S/C28H33F2N3O4S/c1-4-19-7-5-8-20(11-19)17-32-18-27(26(31)14-21-12-23(29)16-24(30)13-21)37-28(34)22-9-6-10-25(15-22)33(2)38(3,35)36/h5-13,15-16,26-27,32H,4,14,17-18,31H2,1-3H3/t26-,27+/m0/s1. The van der Waals surface area contributed by atoms with Crippen molar-refractivity contribution in [2.75, 3.05) is 24.2 Å². The highest BCUT2D eigenvalue weighted by molar-refractivity contribution is 7.92. The number of aryl methyl sites for hydroxylation is 1. The molecule has 0 unspecified atom stereocenters. The van der Waals surface area contributed by atoms with E-state index in [1.165, 1.54) is 36.9 Å². The van der Waals surface area contributed by atoms with Gasteiger partial charge in [0, 0.05) is 32.2 Å². The lowest BCUT2D eigenvalue weighted by Gasteiger charge is -2.25. The summed E-state index contributed by atoms with van der Waals surface area (Å²) in [6, 6.07) is 16.5. The summed E-state index contributed by atoms with van der Waals surface area (Å²) in [6.45, 7) is 2.75. The molecule has 0 amide bonds. The molecule has 0 fully saturated rings. The molecular formula is C28H33F2N3O4S. The number of hydrogen-bond acceptors (Lipinski definition) is 6. The summed E-state index contributed by atoms with van der Waals surface area (Å²) in [7, 11) is -2.15. The van der Waals surface area contributed by atoms with Gasteiger partial charge in [-0.25, -0.2) is 22.0 Å². The van der Waals surface area contributed by atoms with Crippen LogP contribution in [0.4, 0.5) is 14.5 Å². The molecule has 0 spiro atoms. The van der Waals surface area contributed by atoms with Gasteiger partial charge in [-0.2, -0.15) is 0 Å². The highest BCUT2D eigenvalue weighted by Gasteiger charge is 2.24. The number of carbonyl (C=O) groups is 1. The van der Waals surface area contributed by atoms with E-state index in [4.69, 9.17) is 10.5 Å². The van der Waals surface area contributed by atoms with Crippen LogP contribution in [0.5, 0.6) is 0 Å². The Morgan fingerprint density at radius 3 is 2.32 bits per heavy atom. The molecule has 0 heterocycles. The number of ether oxygens (including phenoxy) is 1. The van der Waals surface area contributed by atoms with Crippen molar-refractivity contribution in [2.45, 2.75) is 38.5 Å². The fourth-order valence-electron chi connectivity index (χ4n) is 3.96. The second-order valence-corrected chi connectivity index (χ2v) is 11.2. The first-order valence-corrected chi connectivity index (χ1v) is 14.0. The molecule has 0 aliphatic heterocycles. The molecule has 0 radical (unpaired) electrons. The molecule has 0 saturated heterocycles. The van der Waals surface area contributed by atoms with Crippen LogP contribution < -0.4 is 15.4 Å². The van der Waals surface area contributed by atoms with Crippen molar-refractivity contribution in [3.63, 3.8) is 0 Å². The maximum Gasteiger partial charge on any atom is 0.338 e. The van der Waals surface area contributed by atoms with Gasteiger partial charge in [-0.05, 0) is 59.9 Å². The highest BCUT2D eigenvalue weighted by Crippen LogP contribution is 2.19. The lowest BCUT2D eigenvalue weighted by Crippen LogP contribution is -2.46. The summed E-state index contributed by atoms with van der Waals surface area (Å²) >= 11 is 0. The average molecular weight is 546 g/mol. The Balaban J connectivity index is 1.78. The lowest BCUT2D eigenvalue weighted by atomic mass is 10.0. The molecule has 38 heavy (non-hydrogen) atoms. The predicted octanol–water partition coefficient (Wildman–Crippen LogP) is 3.81. The highest BCUT2D eigenvalue weighted by atomic mass is 32.2. The topological polar surface area (TPSA) is 102 Å². The van der Waals surface area contributed by atoms with E-state index in [0.717, 1.165) is 28.6 Å². The fraction of sp³-hybridized carbons (Fsp3) is 0.321. The molecule has 0 aromatic heterocycles. The van der Waals surface area contributed by atoms with Gasteiger partial charge in [0.05, 0.1) is 17.5 Å². The van der Waals surface area contributed by atoms with Crippen LogP contribution in [0.2, 0.25) is 0 Å². The number of nitrogens with two attached hydrogens (primary N) is 1. The molecule has 0 aliphatic carbocycles. The first kappa shape index (κ1) is 29.2. The Labute approximate surface area is 222 Å². The maximum absolute atomic E-state index is 13.7. The zero-order chi connectivity index (χ0) is 27.9. The predicted molar refractivity (Wildman–Crippen MR) is 144 cm³/mol. The number of nitrogens with zero attached hydrogens (tertiary/aromatic N) is 1. The first-order chi connectivity index (χ1) is 18.0. The third kappa shape index (κ3) is 8.34. The van der Waals surface area contributed by atoms with Gasteiger partial charge in [0.1, 0.15) is 17.7 Å². The van der Waals surface area contributed by atoms with Gasteiger partial charge in [0.25, 0.3) is 0 Å². The van der Waals surface area contributed by atoms with Crippen LogP contribution in [-0.2, 0) is 34.1 Å². The van der Waals surface area contributed by atoms with Crippen LogP contribution in [-0.4, -0.2) is 46.4 Å². The van der Waals surface area contributed by atoms with Crippen molar-refractivity contribution in [1.82, 2.24) is 5.32 Å². The van der Waals surface area contributed by atoms with Crippen molar-refractivity contribution >= 4 is 21.7 Å². The molecule has 3 rings (SSSR count). The summed E-state index contributed by atoms with van der Waals surface area (Å²) in [4.78, 5) is 13.1. The molecule has 0 bridgehead atoms. The molecule has 3 aromatic carbocycles. The molecule has 0 saturated carbocycles. The summed E-state index contributed by atoms with van der Waals surface area (Å²) in [5.74, 6) is -2.14. The van der Waals surface area contributed by atoms with Crippen LogP contribution in [0.1, 0.15) is 34.0 Å². The number of benzene rings is 3. The van der Waals surface area contributed by atoms with Crippen LogP contribution in [0, 0.1) is 11.6 Å². The van der Waals surface area contributed by atoms with Crippen molar-refractivity contribution in [1.29, 1.82) is 0 Å².